The second-order valence-electron chi connectivity index (χ2n) is 4.10. The van der Waals surface area contributed by atoms with Crippen LogP contribution in [0.25, 0.3) is 10.9 Å². The van der Waals surface area contributed by atoms with E-state index in [0.717, 1.165) is 5.52 Å². The minimum atomic E-state index is -0.0446. The van der Waals surface area contributed by atoms with E-state index in [-0.39, 0.29) is 11.6 Å². The van der Waals surface area contributed by atoms with E-state index < -0.39 is 0 Å². The Labute approximate surface area is 93.9 Å². The van der Waals surface area contributed by atoms with Crippen LogP contribution in [-0.4, -0.2) is 15.7 Å². The van der Waals surface area contributed by atoms with Crippen molar-refractivity contribution in [2.75, 3.05) is 5.43 Å². The third kappa shape index (κ3) is 1.78. The van der Waals surface area contributed by atoms with Crippen LogP contribution < -0.4 is 11.0 Å². The maximum Gasteiger partial charge on any atom is 0.279 e. The van der Waals surface area contributed by atoms with Gasteiger partial charge in [0.2, 0.25) is 0 Å². The fraction of sp³-hybridized carbons (Fsp3) is 0.333. The molecule has 0 bridgehead atoms. The summed E-state index contributed by atoms with van der Waals surface area (Å²) in [7, 11) is 0. The second kappa shape index (κ2) is 3.96. The van der Waals surface area contributed by atoms with Crippen LogP contribution in [0.5, 0.6) is 0 Å². The minimum absolute atomic E-state index is 0.0446. The Morgan fingerprint density at radius 3 is 2.69 bits per heavy atom. The van der Waals surface area contributed by atoms with Crippen molar-refractivity contribution in [2.45, 2.75) is 26.8 Å². The molecule has 1 heterocycles. The van der Waals surface area contributed by atoms with Crippen LogP contribution in [0.3, 0.4) is 0 Å². The lowest BCUT2D eigenvalue weighted by Crippen LogP contribution is -2.35. The van der Waals surface area contributed by atoms with Crippen molar-refractivity contribution in [3.8, 4) is 0 Å². The molecule has 16 heavy (non-hydrogen) atoms. The summed E-state index contributed by atoms with van der Waals surface area (Å²) in [6.07, 6.45) is 0. The van der Waals surface area contributed by atoms with E-state index in [0.29, 0.717) is 11.2 Å². The fourth-order valence-corrected chi connectivity index (χ4v) is 1.65. The molecule has 0 radical (unpaired) electrons. The van der Waals surface area contributed by atoms with Crippen LogP contribution in [0.2, 0.25) is 0 Å². The molecule has 1 aromatic carbocycles. The summed E-state index contributed by atoms with van der Waals surface area (Å²) in [5.41, 5.74) is 3.77. The summed E-state index contributed by atoms with van der Waals surface area (Å²) >= 11 is 0. The molecule has 0 unspecified atom stereocenters. The van der Waals surface area contributed by atoms with Gasteiger partial charge in [0.15, 0.2) is 0 Å². The number of para-hydroxylation sites is 1. The van der Waals surface area contributed by atoms with E-state index in [1.807, 2.05) is 39.0 Å². The Morgan fingerprint density at radius 2 is 2.00 bits per heavy atom. The van der Waals surface area contributed by atoms with E-state index in [9.17, 15) is 4.79 Å². The van der Waals surface area contributed by atoms with Crippen molar-refractivity contribution in [1.82, 2.24) is 9.66 Å². The maximum atomic E-state index is 12.1. The van der Waals surface area contributed by atoms with Crippen LogP contribution >= 0.6 is 0 Å². The number of nitrogens with one attached hydrogen (secondary N) is 1. The smallest absolute Gasteiger partial charge is 0.279 e. The highest BCUT2D eigenvalue weighted by atomic mass is 16.1. The summed E-state index contributed by atoms with van der Waals surface area (Å²) in [6.45, 7) is 5.80. The van der Waals surface area contributed by atoms with Crippen LogP contribution in [0, 0.1) is 6.92 Å². The largest absolute Gasteiger partial charge is 0.319 e. The Kier molecular flexibility index (Phi) is 2.64. The highest BCUT2D eigenvalue weighted by Crippen LogP contribution is 2.06. The Balaban J connectivity index is 2.71. The van der Waals surface area contributed by atoms with E-state index in [2.05, 4.69) is 10.4 Å². The van der Waals surface area contributed by atoms with Gasteiger partial charge in [0.05, 0.1) is 10.9 Å². The zero-order valence-corrected chi connectivity index (χ0v) is 9.69. The first-order valence-corrected chi connectivity index (χ1v) is 5.34. The van der Waals surface area contributed by atoms with Gasteiger partial charge >= 0.3 is 0 Å². The average molecular weight is 217 g/mol. The molecule has 1 N–H and O–H groups in total. The van der Waals surface area contributed by atoms with Gasteiger partial charge in [0.25, 0.3) is 5.56 Å². The molecule has 84 valence electrons. The molecule has 0 fully saturated rings. The van der Waals surface area contributed by atoms with Crippen LogP contribution in [0.4, 0.5) is 0 Å². The quantitative estimate of drug-likeness (QED) is 0.832. The molecule has 2 rings (SSSR count). The predicted octanol–water partition coefficient (Wildman–Crippen LogP) is 1.66. The van der Waals surface area contributed by atoms with Gasteiger partial charge in [-0.05, 0) is 32.9 Å². The normalized spacial score (nSPS) is 11.0. The molecule has 0 spiro atoms. The highest BCUT2D eigenvalue weighted by molar-refractivity contribution is 5.77. The molecule has 0 saturated carbocycles. The summed E-state index contributed by atoms with van der Waals surface area (Å²) in [6, 6.07) is 7.57. The lowest BCUT2D eigenvalue weighted by atomic mass is 10.2. The van der Waals surface area contributed by atoms with E-state index in [4.69, 9.17) is 0 Å². The molecule has 4 heteroatoms. The third-order valence-electron chi connectivity index (χ3n) is 2.33. The van der Waals surface area contributed by atoms with Crippen LogP contribution in [-0.2, 0) is 0 Å². The zero-order chi connectivity index (χ0) is 11.7. The molecule has 0 saturated heterocycles. The lowest BCUT2D eigenvalue weighted by Gasteiger charge is -2.15. The first-order valence-electron chi connectivity index (χ1n) is 5.34. The van der Waals surface area contributed by atoms with Crippen molar-refractivity contribution >= 4 is 10.9 Å². The van der Waals surface area contributed by atoms with Crippen LogP contribution in [0.15, 0.2) is 29.1 Å². The Hall–Kier alpha value is -1.84. The number of hydrogen-bond acceptors (Lipinski definition) is 3. The maximum absolute atomic E-state index is 12.1. The van der Waals surface area contributed by atoms with E-state index in [1.54, 1.807) is 6.07 Å². The number of aryl methyl sites for hydroxylation is 1. The summed E-state index contributed by atoms with van der Waals surface area (Å²) in [5, 5.41) is 0.640. The van der Waals surface area contributed by atoms with Crippen molar-refractivity contribution in [3.05, 3.63) is 40.4 Å². The Bertz CT molecular complexity index is 572. The van der Waals surface area contributed by atoms with Gasteiger partial charge in [0.1, 0.15) is 5.82 Å². The first kappa shape index (κ1) is 10.7. The van der Waals surface area contributed by atoms with Crippen molar-refractivity contribution in [2.24, 2.45) is 0 Å². The SMILES string of the molecule is Cc1nc2ccccc2c(=O)n1NC(C)C. The molecule has 0 aliphatic carbocycles. The molecular formula is C12H15N3O. The third-order valence-corrected chi connectivity index (χ3v) is 2.33. The molecule has 0 aliphatic rings. The van der Waals surface area contributed by atoms with E-state index >= 15 is 0 Å². The molecule has 1 aromatic heterocycles. The molecule has 2 aromatic rings. The number of benzene rings is 1. The van der Waals surface area contributed by atoms with Crippen LogP contribution in [0.1, 0.15) is 19.7 Å². The van der Waals surface area contributed by atoms with E-state index in [1.165, 1.54) is 4.68 Å². The predicted molar refractivity (Wildman–Crippen MR) is 65.2 cm³/mol. The van der Waals surface area contributed by atoms with Crippen molar-refractivity contribution < 1.29 is 0 Å². The number of hydrogen-bond donors (Lipinski definition) is 1. The molecule has 0 amide bonds. The highest BCUT2D eigenvalue weighted by Gasteiger charge is 2.07. The average Bonchev–Trinajstić information content (AvgIpc) is 2.24. The Morgan fingerprint density at radius 1 is 1.31 bits per heavy atom. The lowest BCUT2D eigenvalue weighted by molar-refractivity contribution is 0.687. The number of nitrogens with zero attached hydrogens (tertiary/aromatic N) is 2. The summed E-state index contributed by atoms with van der Waals surface area (Å²) in [4.78, 5) is 16.5. The summed E-state index contributed by atoms with van der Waals surface area (Å²) < 4.78 is 1.51. The topological polar surface area (TPSA) is 46.9 Å². The zero-order valence-electron chi connectivity index (χ0n) is 9.69. The number of rotatable bonds is 2. The van der Waals surface area contributed by atoms with Gasteiger partial charge in [-0.25, -0.2) is 9.66 Å². The van der Waals surface area contributed by atoms with Crippen molar-refractivity contribution in [1.29, 1.82) is 0 Å². The van der Waals surface area contributed by atoms with Gasteiger partial charge in [-0.1, -0.05) is 12.1 Å². The van der Waals surface area contributed by atoms with Gasteiger partial charge < -0.3 is 5.43 Å². The summed E-state index contributed by atoms with van der Waals surface area (Å²) in [5.74, 6) is 0.678. The van der Waals surface area contributed by atoms with Gasteiger partial charge in [0, 0.05) is 6.04 Å². The molecule has 4 nitrogen and oxygen atoms in total. The number of fused-ring (bicyclic) bond motifs is 1. The monoisotopic (exact) mass is 217 g/mol. The van der Waals surface area contributed by atoms with Gasteiger partial charge in [-0.15, -0.1) is 0 Å². The standard InChI is InChI=1S/C12H15N3O/c1-8(2)14-15-9(3)13-11-7-5-4-6-10(11)12(15)16/h4-8,14H,1-3H3. The second-order valence-corrected chi connectivity index (χ2v) is 4.10. The van der Waals surface area contributed by atoms with Gasteiger partial charge in [-0.2, -0.15) is 0 Å². The first-order chi connectivity index (χ1) is 7.59. The molecular weight excluding hydrogens is 202 g/mol. The van der Waals surface area contributed by atoms with Gasteiger partial charge in [-0.3, -0.25) is 4.79 Å². The molecule has 0 atom stereocenters. The molecule has 0 aliphatic heterocycles. The fourth-order valence-electron chi connectivity index (χ4n) is 1.65. The number of aromatic nitrogens is 2. The minimum Gasteiger partial charge on any atom is -0.319 e. The van der Waals surface area contributed by atoms with Crippen molar-refractivity contribution in [3.63, 3.8) is 0 Å².